The Bertz CT molecular complexity index is 471. The monoisotopic (exact) mass is 287 g/mol. The number of benzene rings is 1. The summed E-state index contributed by atoms with van der Waals surface area (Å²) in [5, 5.41) is 0. The van der Waals surface area contributed by atoms with Crippen LogP contribution in [-0.2, 0) is 14.8 Å². The topological polar surface area (TPSA) is 63.2 Å². The van der Waals surface area contributed by atoms with Crippen LogP contribution in [0.15, 0.2) is 35.2 Å². The quantitative estimate of drug-likeness (QED) is 0.779. The molecule has 6 heteroatoms. The smallest absolute Gasteiger partial charge is 0.264 e. The van der Waals surface area contributed by atoms with E-state index in [1.54, 1.807) is 30.0 Å². The van der Waals surface area contributed by atoms with Gasteiger partial charge in [-0.2, -0.15) is 11.8 Å². The first-order chi connectivity index (χ1) is 8.56. The lowest BCUT2D eigenvalue weighted by Gasteiger charge is -2.06. The fourth-order valence-electron chi connectivity index (χ4n) is 1.34. The summed E-state index contributed by atoms with van der Waals surface area (Å²) in [7, 11) is -3.71. The van der Waals surface area contributed by atoms with Crippen LogP contribution >= 0.6 is 11.8 Å². The van der Waals surface area contributed by atoms with Crippen molar-refractivity contribution in [2.45, 2.75) is 24.7 Å². The molecule has 0 aliphatic carbocycles. The SMILES string of the molecule is CCSCCCC(=O)NS(=O)(=O)c1ccccc1. The average molecular weight is 287 g/mol. The number of sulfonamides is 1. The van der Waals surface area contributed by atoms with Crippen LogP contribution in [0, 0.1) is 0 Å². The van der Waals surface area contributed by atoms with Gasteiger partial charge in [0.05, 0.1) is 4.90 Å². The van der Waals surface area contributed by atoms with Gasteiger partial charge in [-0.05, 0) is 30.1 Å². The summed E-state index contributed by atoms with van der Waals surface area (Å²) in [6.45, 7) is 2.05. The van der Waals surface area contributed by atoms with E-state index in [4.69, 9.17) is 0 Å². The molecule has 100 valence electrons. The molecule has 0 fully saturated rings. The highest BCUT2D eigenvalue weighted by molar-refractivity contribution is 7.99. The summed E-state index contributed by atoms with van der Waals surface area (Å²) in [6, 6.07) is 7.89. The molecule has 0 aromatic heterocycles. The number of amides is 1. The molecule has 0 heterocycles. The standard InChI is InChI=1S/C12H17NO3S2/c1-2-17-10-6-9-12(14)13-18(15,16)11-7-4-3-5-8-11/h3-5,7-8H,2,6,9-10H2,1H3,(H,13,14). The summed E-state index contributed by atoms with van der Waals surface area (Å²) in [5.74, 6) is 1.43. The molecule has 1 amide bonds. The minimum Gasteiger partial charge on any atom is -0.274 e. The third-order valence-corrected chi connectivity index (χ3v) is 4.57. The Balaban J connectivity index is 2.49. The van der Waals surface area contributed by atoms with Crippen molar-refractivity contribution in [3.63, 3.8) is 0 Å². The first-order valence-corrected chi connectivity index (χ1v) is 8.38. The van der Waals surface area contributed by atoms with Crippen LogP contribution in [0.1, 0.15) is 19.8 Å². The molecule has 0 saturated heterocycles. The van der Waals surface area contributed by atoms with Crippen LogP contribution in [0.2, 0.25) is 0 Å². The highest BCUT2D eigenvalue weighted by Gasteiger charge is 2.16. The molecular weight excluding hydrogens is 270 g/mol. The molecule has 1 rings (SSSR count). The van der Waals surface area contributed by atoms with E-state index in [1.165, 1.54) is 12.1 Å². The molecule has 0 saturated carbocycles. The highest BCUT2D eigenvalue weighted by atomic mass is 32.2. The molecule has 0 aliphatic rings. The molecule has 0 atom stereocenters. The first kappa shape index (κ1) is 15.0. The van der Waals surface area contributed by atoms with Gasteiger partial charge in [-0.3, -0.25) is 4.79 Å². The lowest BCUT2D eigenvalue weighted by atomic mass is 10.3. The highest BCUT2D eigenvalue weighted by Crippen LogP contribution is 2.08. The van der Waals surface area contributed by atoms with Crippen molar-refractivity contribution in [1.82, 2.24) is 4.72 Å². The molecule has 0 unspecified atom stereocenters. The largest absolute Gasteiger partial charge is 0.274 e. The van der Waals surface area contributed by atoms with Crippen LogP contribution in [0.5, 0.6) is 0 Å². The van der Waals surface area contributed by atoms with Crippen molar-refractivity contribution < 1.29 is 13.2 Å². The van der Waals surface area contributed by atoms with Gasteiger partial charge in [-0.25, -0.2) is 13.1 Å². The number of carbonyl (C=O) groups is 1. The van der Waals surface area contributed by atoms with Gasteiger partial charge in [0.15, 0.2) is 0 Å². The van der Waals surface area contributed by atoms with Crippen LogP contribution in [0.3, 0.4) is 0 Å². The van der Waals surface area contributed by atoms with Gasteiger partial charge in [0, 0.05) is 6.42 Å². The number of carbonyl (C=O) groups excluding carboxylic acids is 1. The molecule has 0 spiro atoms. The Labute approximate surface area is 112 Å². The lowest BCUT2D eigenvalue weighted by molar-refractivity contribution is -0.119. The van der Waals surface area contributed by atoms with Gasteiger partial charge in [0.25, 0.3) is 10.0 Å². The van der Waals surface area contributed by atoms with Crippen LogP contribution in [-0.4, -0.2) is 25.8 Å². The van der Waals surface area contributed by atoms with Gasteiger partial charge in [0.1, 0.15) is 0 Å². The Kier molecular flexibility index (Phi) is 6.21. The molecule has 0 bridgehead atoms. The maximum Gasteiger partial charge on any atom is 0.264 e. The van der Waals surface area contributed by atoms with Crippen molar-refractivity contribution in [3.8, 4) is 0 Å². The van der Waals surface area contributed by atoms with Crippen molar-refractivity contribution in [2.24, 2.45) is 0 Å². The van der Waals surface area contributed by atoms with E-state index < -0.39 is 15.9 Å². The second-order valence-electron chi connectivity index (χ2n) is 3.64. The zero-order valence-corrected chi connectivity index (χ0v) is 11.9. The molecule has 18 heavy (non-hydrogen) atoms. The van der Waals surface area contributed by atoms with E-state index in [2.05, 4.69) is 4.72 Å². The number of nitrogens with one attached hydrogen (secondary N) is 1. The van der Waals surface area contributed by atoms with Gasteiger partial charge in [-0.15, -0.1) is 0 Å². The zero-order chi connectivity index (χ0) is 13.4. The van der Waals surface area contributed by atoms with E-state index in [0.717, 1.165) is 11.5 Å². The number of rotatable bonds is 7. The summed E-state index contributed by atoms with van der Waals surface area (Å²) in [4.78, 5) is 11.6. The van der Waals surface area contributed by atoms with Crippen LogP contribution < -0.4 is 4.72 Å². The first-order valence-electron chi connectivity index (χ1n) is 5.74. The summed E-state index contributed by atoms with van der Waals surface area (Å²) >= 11 is 1.74. The second kappa shape index (κ2) is 7.43. The number of thioether (sulfide) groups is 1. The summed E-state index contributed by atoms with van der Waals surface area (Å²) < 4.78 is 25.7. The molecule has 0 aliphatic heterocycles. The summed E-state index contributed by atoms with van der Waals surface area (Å²) in [6.07, 6.45) is 0.924. The Morgan fingerprint density at radius 3 is 2.56 bits per heavy atom. The van der Waals surface area contributed by atoms with Crippen molar-refractivity contribution >= 4 is 27.7 Å². The third kappa shape index (κ3) is 5.10. The minimum absolute atomic E-state index is 0.112. The molecule has 1 N–H and O–H groups in total. The third-order valence-electron chi connectivity index (χ3n) is 2.20. The van der Waals surface area contributed by atoms with E-state index in [-0.39, 0.29) is 11.3 Å². The predicted molar refractivity (Wildman–Crippen MR) is 74.0 cm³/mol. The Morgan fingerprint density at radius 1 is 1.28 bits per heavy atom. The van der Waals surface area contributed by atoms with Gasteiger partial charge < -0.3 is 0 Å². The number of hydrogen-bond acceptors (Lipinski definition) is 4. The van der Waals surface area contributed by atoms with E-state index >= 15 is 0 Å². The fraction of sp³-hybridized carbons (Fsp3) is 0.417. The Hall–Kier alpha value is -1.01. The molecule has 1 aromatic rings. The van der Waals surface area contributed by atoms with Crippen molar-refractivity contribution in [2.75, 3.05) is 11.5 Å². The van der Waals surface area contributed by atoms with E-state index in [0.29, 0.717) is 6.42 Å². The van der Waals surface area contributed by atoms with Crippen LogP contribution in [0.25, 0.3) is 0 Å². The summed E-state index contributed by atoms with van der Waals surface area (Å²) in [5.41, 5.74) is 0. The predicted octanol–water partition coefficient (Wildman–Crippen LogP) is 2.02. The lowest BCUT2D eigenvalue weighted by Crippen LogP contribution is -2.30. The van der Waals surface area contributed by atoms with E-state index in [9.17, 15) is 13.2 Å². The second-order valence-corrected chi connectivity index (χ2v) is 6.72. The van der Waals surface area contributed by atoms with E-state index in [1.807, 2.05) is 6.92 Å². The normalized spacial score (nSPS) is 11.2. The molecule has 1 aromatic carbocycles. The van der Waals surface area contributed by atoms with Crippen molar-refractivity contribution in [1.29, 1.82) is 0 Å². The van der Waals surface area contributed by atoms with Crippen LogP contribution in [0.4, 0.5) is 0 Å². The minimum atomic E-state index is -3.71. The molecule has 0 radical (unpaired) electrons. The maximum atomic E-state index is 11.8. The van der Waals surface area contributed by atoms with Gasteiger partial charge in [0.2, 0.25) is 5.91 Å². The van der Waals surface area contributed by atoms with Gasteiger partial charge in [-0.1, -0.05) is 25.1 Å². The maximum absolute atomic E-state index is 11.8. The van der Waals surface area contributed by atoms with Gasteiger partial charge >= 0.3 is 0 Å². The van der Waals surface area contributed by atoms with Crippen molar-refractivity contribution in [3.05, 3.63) is 30.3 Å². The number of hydrogen-bond donors (Lipinski definition) is 1. The Morgan fingerprint density at radius 2 is 1.94 bits per heavy atom. The zero-order valence-electron chi connectivity index (χ0n) is 10.3. The fourth-order valence-corrected chi connectivity index (χ4v) is 3.01. The average Bonchev–Trinajstić information content (AvgIpc) is 2.35. The molecular formula is C12H17NO3S2. The molecule has 4 nitrogen and oxygen atoms in total.